The summed E-state index contributed by atoms with van der Waals surface area (Å²) in [7, 11) is 1.58. The predicted octanol–water partition coefficient (Wildman–Crippen LogP) is 2.53. The van der Waals surface area contributed by atoms with Gasteiger partial charge in [-0.15, -0.1) is 0 Å². The minimum atomic E-state index is -4.66. The minimum absolute atomic E-state index is 0.0563. The Morgan fingerprint density at radius 2 is 1.91 bits per heavy atom. The summed E-state index contributed by atoms with van der Waals surface area (Å²) >= 11 is 0. The molecule has 5 nitrogen and oxygen atoms in total. The van der Waals surface area contributed by atoms with E-state index in [1.54, 1.807) is 31.3 Å². The van der Waals surface area contributed by atoms with Crippen molar-refractivity contribution in [2.75, 3.05) is 7.05 Å². The third-order valence-corrected chi connectivity index (χ3v) is 3.78. The van der Waals surface area contributed by atoms with Gasteiger partial charge in [-0.05, 0) is 18.4 Å². The van der Waals surface area contributed by atoms with Gasteiger partial charge in [0, 0.05) is 12.6 Å². The van der Waals surface area contributed by atoms with Crippen LogP contribution in [0.1, 0.15) is 24.3 Å². The van der Waals surface area contributed by atoms with Gasteiger partial charge in [0.05, 0.1) is 5.41 Å². The lowest BCUT2D eigenvalue weighted by atomic mass is 9.94. The number of rotatable bonds is 3. The number of nitrogens with one attached hydrogen (secondary N) is 1. The Morgan fingerprint density at radius 3 is 2.36 bits per heavy atom. The average molecular weight is 311 g/mol. The van der Waals surface area contributed by atoms with Gasteiger partial charge in [0.2, 0.25) is 11.7 Å². The van der Waals surface area contributed by atoms with Crippen molar-refractivity contribution in [1.82, 2.24) is 15.5 Å². The van der Waals surface area contributed by atoms with E-state index in [-0.39, 0.29) is 11.7 Å². The topological polar surface area (TPSA) is 68.0 Å². The summed E-state index contributed by atoms with van der Waals surface area (Å²) in [5, 5.41) is 5.96. The number of nitrogens with zero attached hydrogens (tertiary/aromatic N) is 2. The molecule has 1 aromatic heterocycles. The van der Waals surface area contributed by atoms with Gasteiger partial charge in [0.15, 0.2) is 0 Å². The summed E-state index contributed by atoms with van der Waals surface area (Å²) in [4.78, 5) is 15.2. The predicted molar refractivity (Wildman–Crippen MR) is 69.7 cm³/mol. The largest absolute Gasteiger partial charge is 0.471 e. The molecule has 0 atom stereocenters. The lowest BCUT2D eigenvalue weighted by Gasteiger charge is -2.13. The summed E-state index contributed by atoms with van der Waals surface area (Å²) in [5.74, 6) is -1.57. The van der Waals surface area contributed by atoms with E-state index in [0.717, 1.165) is 18.4 Å². The highest BCUT2D eigenvalue weighted by atomic mass is 19.4. The Kier molecular flexibility index (Phi) is 3.19. The molecule has 116 valence electrons. The number of hydrogen-bond acceptors (Lipinski definition) is 4. The number of benzene rings is 1. The number of carbonyl (C=O) groups excluding carboxylic acids is 1. The van der Waals surface area contributed by atoms with Gasteiger partial charge in [0.1, 0.15) is 0 Å². The van der Waals surface area contributed by atoms with Gasteiger partial charge < -0.3 is 9.84 Å². The lowest BCUT2D eigenvalue weighted by Crippen LogP contribution is -2.31. The van der Waals surface area contributed by atoms with Crippen LogP contribution in [0.3, 0.4) is 0 Å². The lowest BCUT2D eigenvalue weighted by molar-refractivity contribution is -0.159. The first-order valence-electron chi connectivity index (χ1n) is 6.61. The van der Waals surface area contributed by atoms with Crippen molar-refractivity contribution in [3.63, 3.8) is 0 Å². The zero-order chi connectivity index (χ0) is 16.0. The quantitative estimate of drug-likeness (QED) is 0.946. The molecule has 0 aliphatic heterocycles. The van der Waals surface area contributed by atoms with Crippen molar-refractivity contribution in [2.45, 2.75) is 24.4 Å². The van der Waals surface area contributed by atoms with Crippen LogP contribution in [0.2, 0.25) is 0 Å². The molecule has 0 saturated heterocycles. The number of halogens is 3. The number of amides is 1. The third kappa shape index (κ3) is 2.34. The first-order chi connectivity index (χ1) is 10.4. The summed E-state index contributed by atoms with van der Waals surface area (Å²) in [6.45, 7) is 0. The van der Waals surface area contributed by atoms with E-state index in [9.17, 15) is 18.0 Å². The Balaban J connectivity index is 1.86. The number of carbonyl (C=O) groups is 1. The molecule has 1 aliphatic rings. The highest BCUT2D eigenvalue weighted by molar-refractivity contribution is 5.91. The molecule has 2 aromatic rings. The standard InChI is InChI=1S/C14H12F3N3O2/c1-18-11(21)13(6-7-13)9-4-2-8(3-5-9)10-19-12(22-20-10)14(15,16)17/h2-5H,6-7H2,1H3,(H,18,21). The van der Waals surface area contributed by atoms with E-state index in [1.165, 1.54) is 0 Å². The van der Waals surface area contributed by atoms with Gasteiger partial charge in [-0.1, -0.05) is 29.4 Å². The Morgan fingerprint density at radius 1 is 1.27 bits per heavy atom. The maximum absolute atomic E-state index is 12.4. The van der Waals surface area contributed by atoms with E-state index in [1.807, 2.05) is 0 Å². The fourth-order valence-electron chi connectivity index (χ4n) is 2.41. The molecule has 0 bridgehead atoms. The summed E-state index contributed by atoms with van der Waals surface area (Å²) < 4.78 is 41.5. The van der Waals surface area contributed by atoms with Gasteiger partial charge in [-0.3, -0.25) is 4.79 Å². The molecule has 1 aromatic carbocycles. The fraction of sp³-hybridized carbons (Fsp3) is 0.357. The zero-order valence-electron chi connectivity index (χ0n) is 11.6. The molecule has 1 saturated carbocycles. The smallest absolute Gasteiger partial charge is 0.358 e. The summed E-state index contributed by atoms with van der Waals surface area (Å²) in [5.41, 5.74) is 0.715. The SMILES string of the molecule is CNC(=O)C1(c2ccc(-c3noc(C(F)(F)F)n3)cc2)CC1. The van der Waals surface area contributed by atoms with Crippen molar-refractivity contribution in [3.05, 3.63) is 35.7 Å². The van der Waals surface area contributed by atoms with E-state index in [0.29, 0.717) is 5.56 Å². The van der Waals surface area contributed by atoms with E-state index in [4.69, 9.17) is 0 Å². The van der Waals surface area contributed by atoms with Crippen LogP contribution in [0.15, 0.2) is 28.8 Å². The monoisotopic (exact) mass is 311 g/mol. The molecule has 0 radical (unpaired) electrons. The van der Waals surface area contributed by atoms with Crippen LogP contribution in [0, 0.1) is 0 Å². The first-order valence-corrected chi connectivity index (χ1v) is 6.61. The van der Waals surface area contributed by atoms with Crippen LogP contribution in [-0.4, -0.2) is 23.1 Å². The normalized spacial score (nSPS) is 16.4. The van der Waals surface area contributed by atoms with E-state index >= 15 is 0 Å². The van der Waals surface area contributed by atoms with Crippen LogP contribution in [0.5, 0.6) is 0 Å². The Hall–Kier alpha value is -2.38. The first kappa shape index (κ1) is 14.6. The van der Waals surface area contributed by atoms with Gasteiger partial charge in [0.25, 0.3) is 0 Å². The maximum atomic E-state index is 12.4. The molecule has 8 heteroatoms. The number of hydrogen-bond donors (Lipinski definition) is 1. The molecule has 1 amide bonds. The fourth-order valence-corrected chi connectivity index (χ4v) is 2.41. The van der Waals surface area contributed by atoms with Gasteiger partial charge in [-0.25, -0.2) is 0 Å². The summed E-state index contributed by atoms with van der Waals surface area (Å²) in [6.07, 6.45) is -3.15. The molecule has 1 N–H and O–H groups in total. The molecule has 1 heterocycles. The van der Waals surface area contributed by atoms with Crippen LogP contribution in [-0.2, 0) is 16.4 Å². The zero-order valence-corrected chi connectivity index (χ0v) is 11.6. The number of alkyl halides is 3. The van der Waals surface area contributed by atoms with Crippen molar-refractivity contribution < 1.29 is 22.5 Å². The van der Waals surface area contributed by atoms with Crippen molar-refractivity contribution in [3.8, 4) is 11.4 Å². The maximum Gasteiger partial charge on any atom is 0.471 e. The van der Waals surface area contributed by atoms with Crippen LogP contribution < -0.4 is 5.32 Å². The molecule has 1 fully saturated rings. The van der Waals surface area contributed by atoms with Crippen molar-refractivity contribution in [2.24, 2.45) is 0 Å². The number of likely N-dealkylation sites (N-methyl/N-ethyl adjacent to an activating group) is 1. The van der Waals surface area contributed by atoms with Gasteiger partial charge in [-0.2, -0.15) is 18.2 Å². The Labute approximate surface area is 123 Å². The van der Waals surface area contributed by atoms with Crippen molar-refractivity contribution in [1.29, 1.82) is 0 Å². The molecule has 0 unspecified atom stereocenters. The summed E-state index contributed by atoms with van der Waals surface area (Å²) in [6, 6.07) is 6.59. The molecular formula is C14H12F3N3O2. The second-order valence-electron chi connectivity index (χ2n) is 5.16. The molecule has 22 heavy (non-hydrogen) atoms. The van der Waals surface area contributed by atoms with Crippen molar-refractivity contribution >= 4 is 5.91 Å². The van der Waals surface area contributed by atoms with Gasteiger partial charge >= 0.3 is 12.1 Å². The Bertz CT molecular complexity index is 703. The van der Waals surface area contributed by atoms with Crippen LogP contribution >= 0.6 is 0 Å². The van der Waals surface area contributed by atoms with E-state index < -0.39 is 17.5 Å². The average Bonchev–Trinajstić information content (AvgIpc) is 3.14. The highest BCUT2D eigenvalue weighted by Crippen LogP contribution is 2.48. The van der Waals surface area contributed by atoms with Crippen LogP contribution in [0.4, 0.5) is 13.2 Å². The highest BCUT2D eigenvalue weighted by Gasteiger charge is 2.50. The van der Waals surface area contributed by atoms with E-state index in [2.05, 4.69) is 20.0 Å². The second kappa shape index (κ2) is 4.82. The third-order valence-electron chi connectivity index (χ3n) is 3.78. The molecular weight excluding hydrogens is 299 g/mol. The molecule has 0 spiro atoms. The molecule has 3 rings (SSSR count). The number of aromatic nitrogens is 2. The minimum Gasteiger partial charge on any atom is -0.358 e. The second-order valence-corrected chi connectivity index (χ2v) is 5.16. The molecule has 1 aliphatic carbocycles. The van der Waals surface area contributed by atoms with Crippen LogP contribution in [0.25, 0.3) is 11.4 Å².